The largest absolute Gasteiger partial charge is 0.355 e. The number of imidazole rings is 1. The summed E-state index contributed by atoms with van der Waals surface area (Å²) in [5, 5.41) is 5.34. The predicted molar refractivity (Wildman–Crippen MR) is 51.6 cm³/mol. The van der Waals surface area contributed by atoms with Crippen LogP contribution in [0.25, 0.3) is 0 Å². The van der Waals surface area contributed by atoms with E-state index in [0.717, 1.165) is 0 Å². The van der Waals surface area contributed by atoms with Gasteiger partial charge in [0.2, 0.25) is 11.8 Å². The summed E-state index contributed by atoms with van der Waals surface area (Å²) >= 11 is 0. The highest BCUT2D eigenvalue weighted by atomic mass is 16.2. The first-order chi connectivity index (χ1) is 7.25. The van der Waals surface area contributed by atoms with Crippen LogP contribution in [0.1, 0.15) is 12.2 Å². The molecule has 1 saturated heterocycles. The molecule has 1 aliphatic heterocycles. The number of hydrogen-bond acceptors (Lipinski definition) is 3. The van der Waals surface area contributed by atoms with E-state index >= 15 is 0 Å². The highest BCUT2D eigenvalue weighted by molar-refractivity contribution is 5.89. The molecule has 2 heterocycles. The van der Waals surface area contributed by atoms with Gasteiger partial charge in [-0.25, -0.2) is 4.98 Å². The molecule has 1 aromatic heterocycles. The fourth-order valence-electron chi connectivity index (χ4n) is 1.50. The molecule has 0 aliphatic carbocycles. The average molecular weight is 208 g/mol. The van der Waals surface area contributed by atoms with Gasteiger partial charge >= 0.3 is 0 Å². The Hall–Kier alpha value is -1.85. The molecular formula is C9H12N4O2. The highest BCUT2D eigenvalue weighted by Crippen LogP contribution is 2.08. The predicted octanol–water partition coefficient (Wildman–Crippen LogP) is -0.838. The second kappa shape index (κ2) is 4.12. The average Bonchev–Trinajstić information content (AvgIpc) is 2.84. The number of aromatic nitrogens is 2. The van der Waals surface area contributed by atoms with E-state index in [1.54, 1.807) is 12.4 Å². The van der Waals surface area contributed by atoms with Gasteiger partial charge in [0.25, 0.3) is 0 Å². The van der Waals surface area contributed by atoms with Crippen LogP contribution in [0.15, 0.2) is 12.4 Å². The minimum atomic E-state index is -0.243. The molecule has 1 aromatic rings. The zero-order valence-electron chi connectivity index (χ0n) is 8.12. The third kappa shape index (κ3) is 2.34. The summed E-state index contributed by atoms with van der Waals surface area (Å²) in [6, 6.07) is 0. The Balaban J connectivity index is 1.80. The van der Waals surface area contributed by atoms with E-state index in [-0.39, 0.29) is 24.2 Å². The highest BCUT2D eigenvalue weighted by Gasteiger charge is 2.27. The maximum Gasteiger partial charge on any atom is 0.225 e. The third-order valence-corrected chi connectivity index (χ3v) is 2.33. The van der Waals surface area contributed by atoms with E-state index in [2.05, 4.69) is 20.6 Å². The molecule has 0 spiro atoms. The topological polar surface area (TPSA) is 86.9 Å². The van der Waals surface area contributed by atoms with Crippen molar-refractivity contribution in [3.05, 3.63) is 18.2 Å². The first-order valence-electron chi connectivity index (χ1n) is 4.78. The molecule has 2 rings (SSSR count). The molecule has 80 valence electrons. The number of nitrogens with one attached hydrogen (secondary N) is 3. The molecule has 1 aliphatic rings. The molecule has 3 N–H and O–H groups in total. The number of H-pyrrole nitrogens is 1. The Bertz CT molecular complexity index is 360. The van der Waals surface area contributed by atoms with E-state index in [1.807, 2.05) is 0 Å². The Kier molecular flexibility index (Phi) is 2.66. The lowest BCUT2D eigenvalue weighted by molar-refractivity contribution is -0.126. The molecule has 6 heteroatoms. The van der Waals surface area contributed by atoms with Crippen molar-refractivity contribution in [3.63, 3.8) is 0 Å². The number of carbonyl (C=O) groups is 2. The van der Waals surface area contributed by atoms with Crippen molar-refractivity contribution < 1.29 is 9.59 Å². The van der Waals surface area contributed by atoms with Crippen LogP contribution in [0.4, 0.5) is 0 Å². The van der Waals surface area contributed by atoms with Gasteiger partial charge in [0.1, 0.15) is 5.82 Å². The molecule has 0 aromatic carbocycles. The fourth-order valence-corrected chi connectivity index (χ4v) is 1.50. The fraction of sp³-hybridized carbons (Fsp3) is 0.444. The smallest absolute Gasteiger partial charge is 0.225 e. The Morgan fingerprint density at radius 1 is 1.67 bits per heavy atom. The maximum absolute atomic E-state index is 11.5. The molecule has 1 atom stereocenters. The van der Waals surface area contributed by atoms with E-state index in [9.17, 15) is 9.59 Å². The van der Waals surface area contributed by atoms with Gasteiger partial charge in [-0.15, -0.1) is 0 Å². The van der Waals surface area contributed by atoms with Crippen molar-refractivity contribution >= 4 is 11.8 Å². The van der Waals surface area contributed by atoms with Gasteiger partial charge in [0.15, 0.2) is 0 Å². The summed E-state index contributed by atoms with van der Waals surface area (Å²) in [5.74, 6) is 0.297. The van der Waals surface area contributed by atoms with Crippen molar-refractivity contribution in [2.75, 3.05) is 6.54 Å². The summed E-state index contributed by atoms with van der Waals surface area (Å²) in [5.41, 5.74) is 0. The lowest BCUT2D eigenvalue weighted by Gasteiger charge is -2.07. The first-order valence-corrected chi connectivity index (χ1v) is 4.78. The number of rotatable bonds is 3. The Morgan fingerprint density at radius 2 is 2.53 bits per heavy atom. The maximum atomic E-state index is 11.5. The van der Waals surface area contributed by atoms with Crippen LogP contribution in [-0.2, 0) is 16.1 Å². The van der Waals surface area contributed by atoms with Crippen LogP contribution in [0.3, 0.4) is 0 Å². The lowest BCUT2D eigenvalue weighted by atomic mass is 10.1. The summed E-state index contributed by atoms with van der Waals surface area (Å²) in [7, 11) is 0. The van der Waals surface area contributed by atoms with Crippen LogP contribution in [0, 0.1) is 5.92 Å². The SMILES string of the molecule is O=C1CC(C(=O)NCc2ncc[nH]2)CN1. The van der Waals surface area contributed by atoms with Gasteiger partial charge in [0.05, 0.1) is 12.5 Å². The van der Waals surface area contributed by atoms with Gasteiger partial charge < -0.3 is 15.6 Å². The summed E-state index contributed by atoms with van der Waals surface area (Å²) < 4.78 is 0. The normalized spacial score (nSPS) is 20.0. The summed E-state index contributed by atoms with van der Waals surface area (Å²) in [6.45, 7) is 0.805. The second-order valence-corrected chi connectivity index (χ2v) is 3.46. The molecule has 2 amide bonds. The van der Waals surface area contributed by atoms with Crippen LogP contribution >= 0.6 is 0 Å². The van der Waals surface area contributed by atoms with Crippen LogP contribution in [0.2, 0.25) is 0 Å². The van der Waals surface area contributed by atoms with Crippen molar-refractivity contribution in [2.45, 2.75) is 13.0 Å². The minimum Gasteiger partial charge on any atom is -0.355 e. The van der Waals surface area contributed by atoms with Crippen LogP contribution in [-0.4, -0.2) is 28.3 Å². The van der Waals surface area contributed by atoms with Crippen LogP contribution in [0.5, 0.6) is 0 Å². The molecule has 0 radical (unpaired) electrons. The summed E-state index contributed by atoms with van der Waals surface area (Å²) in [4.78, 5) is 29.3. The second-order valence-electron chi connectivity index (χ2n) is 3.46. The molecule has 15 heavy (non-hydrogen) atoms. The molecule has 0 bridgehead atoms. The third-order valence-electron chi connectivity index (χ3n) is 2.33. The molecule has 0 saturated carbocycles. The van der Waals surface area contributed by atoms with Gasteiger partial charge in [-0.2, -0.15) is 0 Å². The number of nitrogens with zero attached hydrogens (tertiary/aromatic N) is 1. The zero-order valence-corrected chi connectivity index (χ0v) is 8.12. The van der Waals surface area contributed by atoms with Gasteiger partial charge in [0, 0.05) is 25.4 Å². The molecule has 1 unspecified atom stereocenters. The molecule has 6 nitrogen and oxygen atoms in total. The van der Waals surface area contributed by atoms with Crippen molar-refractivity contribution in [3.8, 4) is 0 Å². The number of carbonyl (C=O) groups excluding carboxylic acids is 2. The van der Waals surface area contributed by atoms with E-state index in [4.69, 9.17) is 0 Å². The number of amides is 2. The monoisotopic (exact) mass is 208 g/mol. The van der Waals surface area contributed by atoms with Gasteiger partial charge in [-0.3, -0.25) is 9.59 Å². The quantitative estimate of drug-likeness (QED) is 0.605. The minimum absolute atomic E-state index is 0.0619. The van der Waals surface area contributed by atoms with E-state index in [1.165, 1.54) is 0 Å². The zero-order chi connectivity index (χ0) is 10.7. The first kappa shape index (κ1) is 9.70. The molecule has 1 fully saturated rings. The van der Waals surface area contributed by atoms with E-state index < -0.39 is 0 Å². The lowest BCUT2D eigenvalue weighted by Crippen LogP contribution is -2.31. The standard InChI is InChI=1S/C9H12N4O2/c14-8-3-6(4-12-8)9(15)13-5-7-10-1-2-11-7/h1-2,6H,3-5H2,(H,10,11)(H,12,14)(H,13,15). The van der Waals surface area contributed by atoms with Crippen molar-refractivity contribution in [2.24, 2.45) is 5.92 Å². The summed E-state index contributed by atoms with van der Waals surface area (Å²) in [6.07, 6.45) is 3.61. The van der Waals surface area contributed by atoms with Gasteiger partial charge in [-0.05, 0) is 0 Å². The number of hydrogen-bond donors (Lipinski definition) is 3. The van der Waals surface area contributed by atoms with E-state index in [0.29, 0.717) is 18.9 Å². The Morgan fingerprint density at radius 3 is 3.13 bits per heavy atom. The van der Waals surface area contributed by atoms with Gasteiger partial charge in [-0.1, -0.05) is 0 Å². The van der Waals surface area contributed by atoms with Crippen molar-refractivity contribution in [1.29, 1.82) is 0 Å². The number of aromatic amines is 1. The van der Waals surface area contributed by atoms with Crippen molar-refractivity contribution in [1.82, 2.24) is 20.6 Å². The Labute approximate surface area is 86.5 Å². The van der Waals surface area contributed by atoms with Crippen LogP contribution < -0.4 is 10.6 Å². The molecular weight excluding hydrogens is 196 g/mol.